The van der Waals surface area contributed by atoms with Gasteiger partial charge in [0.05, 0.1) is 27.0 Å². The average Bonchev–Trinajstić information content (AvgIpc) is 3.46. The standard InChI is InChI=1S/C26H17N3O7S/c30-22(13-5-7-17-18(11-13)36-10-9-35-17)20-21(16-3-1-2-8-27-16)29(24(32)23(20)31)26-28-15-6-4-14(25(33)34)12-19(15)37-26/h1-8,11-12,21,30H,9-10H2,(H,33,34)/b22-20+. The Morgan fingerprint density at radius 3 is 2.51 bits per heavy atom. The number of pyridine rings is 1. The molecule has 10 nitrogen and oxygen atoms in total. The van der Waals surface area contributed by atoms with Crippen LogP contribution in [0.5, 0.6) is 11.5 Å². The third-order valence-electron chi connectivity index (χ3n) is 6.06. The van der Waals surface area contributed by atoms with Gasteiger partial charge in [-0.1, -0.05) is 17.4 Å². The van der Waals surface area contributed by atoms with Gasteiger partial charge in [-0.3, -0.25) is 19.5 Å². The highest BCUT2D eigenvalue weighted by molar-refractivity contribution is 7.22. The summed E-state index contributed by atoms with van der Waals surface area (Å²) in [6.07, 6.45) is 1.52. The number of nitrogens with zero attached hydrogens (tertiary/aromatic N) is 3. The third-order valence-corrected chi connectivity index (χ3v) is 7.08. The molecule has 2 aromatic carbocycles. The van der Waals surface area contributed by atoms with Crippen LogP contribution in [0.1, 0.15) is 27.7 Å². The van der Waals surface area contributed by atoms with Crippen molar-refractivity contribution in [1.29, 1.82) is 0 Å². The van der Waals surface area contributed by atoms with Gasteiger partial charge in [-0.25, -0.2) is 9.78 Å². The van der Waals surface area contributed by atoms with Crippen LogP contribution in [0, 0.1) is 0 Å². The summed E-state index contributed by atoms with van der Waals surface area (Å²) in [4.78, 5) is 48.1. The Kier molecular flexibility index (Phi) is 5.34. The van der Waals surface area contributed by atoms with Crippen LogP contribution in [0.25, 0.3) is 16.0 Å². The van der Waals surface area contributed by atoms with Gasteiger partial charge in [-0.2, -0.15) is 0 Å². The molecule has 11 heteroatoms. The van der Waals surface area contributed by atoms with Crippen molar-refractivity contribution in [2.24, 2.45) is 0 Å². The van der Waals surface area contributed by atoms with Crippen LogP contribution in [0.4, 0.5) is 5.13 Å². The average molecular weight is 516 g/mol. The fraction of sp³-hybridized carbons (Fsp3) is 0.115. The minimum atomic E-state index is -1.09. The van der Waals surface area contributed by atoms with Crippen LogP contribution in [-0.2, 0) is 9.59 Å². The number of hydrogen-bond donors (Lipinski definition) is 2. The second-order valence-electron chi connectivity index (χ2n) is 8.27. The third kappa shape index (κ3) is 3.76. The number of ketones is 1. The summed E-state index contributed by atoms with van der Waals surface area (Å²) >= 11 is 1.07. The molecule has 1 atom stereocenters. The first-order valence-corrected chi connectivity index (χ1v) is 12.0. The lowest BCUT2D eigenvalue weighted by molar-refractivity contribution is -0.132. The quantitative estimate of drug-likeness (QED) is 0.236. The van der Waals surface area contributed by atoms with Crippen molar-refractivity contribution in [2.75, 3.05) is 18.1 Å². The Bertz CT molecular complexity index is 1630. The van der Waals surface area contributed by atoms with Gasteiger partial charge in [0.25, 0.3) is 5.78 Å². The van der Waals surface area contributed by atoms with Crippen molar-refractivity contribution in [2.45, 2.75) is 6.04 Å². The lowest BCUT2D eigenvalue weighted by Gasteiger charge is -2.22. The summed E-state index contributed by atoms with van der Waals surface area (Å²) < 4.78 is 11.7. The molecular formula is C26H17N3O7S. The van der Waals surface area contributed by atoms with E-state index in [4.69, 9.17) is 9.47 Å². The Morgan fingerprint density at radius 2 is 1.76 bits per heavy atom. The second kappa shape index (κ2) is 8.71. The van der Waals surface area contributed by atoms with E-state index in [0.717, 1.165) is 11.3 Å². The van der Waals surface area contributed by atoms with E-state index < -0.39 is 23.7 Å². The lowest BCUT2D eigenvalue weighted by Crippen LogP contribution is -2.29. The predicted molar refractivity (Wildman–Crippen MR) is 133 cm³/mol. The number of hydrogen-bond acceptors (Lipinski definition) is 9. The SMILES string of the molecule is O=C1C(=O)N(c2nc3ccc(C(=O)O)cc3s2)C(c2ccccn2)/C1=C(\O)c1ccc2c(c1)OCCO2. The zero-order valence-corrected chi connectivity index (χ0v) is 19.8. The number of aliphatic hydroxyl groups is 1. The number of fused-ring (bicyclic) bond motifs is 2. The van der Waals surface area contributed by atoms with E-state index in [9.17, 15) is 24.6 Å². The molecular weight excluding hydrogens is 498 g/mol. The number of anilines is 1. The van der Waals surface area contributed by atoms with E-state index in [1.165, 1.54) is 23.2 Å². The number of aromatic nitrogens is 2. The Labute approximate surface area is 213 Å². The molecule has 184 valence electrons. The van der Waals surface area contributed by atoms with Gasteiger partial charge in [0.1, 0.15) is 25.0 Å². The molecule has 1 saturated heterocycles. The summed E-state index contributed by atoms with van der Waals surface area (Å²) in [5, 5.41) is 20.8. The monoisotopic (exact) mass is 515 g/mol. The topological polar surface area (TPSA) is 139 Å². The van der Waals surface area contributed by atoms with Gasteiger partial charge >= 0.3 is 11.9 Å². The first-order valence-electron chi connectivity index (χ1n) is 11.2. The van der Waals surface area contributed by atoms with E-state index in [2.05, 4.69) is 9.97 Å². The van der Waals surface area contributed by atoms with Gasteiger partial charge in [0.2, 0.25) is 0 Å². The van der Waals surface area contributed by atoms with Crippen molar-refractivity contribution in [3.8, 4) is 11.5 Å². The molecule has 0 saturated carbocycles. The zero-order valence-electron chi connectivity index (χ0n) is 19.0. The first kappa shape index (κ1) is 22.7. The number of carbonyl (C=O) groups is 3. The molecule has 0 spiro atoms. The molecule has 0 radical (unpaired) electrons. The molecule has 2 aliphatic rings. The first-order chi connectivity index (χ1) is 17.9. The Balaban J connectivity index is 1.52. The van der Waals surface area contributed by atoms with Crippen molar-refractivity contribution in [3.63, 3.8) is 0 Å². The maximum atomic E-state index is 13.4. The molecule has 1 amide bonds. The van der Waals surface area contributed by atoms with Crippen molar-refractivity contribution in [1.82, 2.24) is 9.97 Å². The summed E-state index contributed by atoms with van der Waals surface area (Å²) in [7, 11) is 0. The highest BCUT2D eigenvalue weighted by Gasteiger charge is 2.49. The van der Waals surface area contributed by atoms with Gasteiger partial charge in [0, 0.05) is 11.8 Å². The number of Topliss-reactive ketones (excluding diaryl/α,β-unsaturated/α-hetero) is 1. The second-order valence-corrected chi connectivity index (χ2v) is 9.28. The Hall–Kier alpha value is -4.77. The summed E-state index contributed by atoms with van der Waals surface area (Å²) in [6, 6.07) is 13.2. The molecule has 0 bridgehead atoms. The maximum Gasteiger partial charge on any atom is 0.335 e. The number of ether oxygens (including phenoxy) is 2. The number of carboxylic acid groups (broad SMARTS) is 1. The molecule has 2 aromatic heterocycles. The van der Waals surface area contributed by atoms with Crippen LogP contribution in [0.2, 0.25) is 0 Å². The highest BCUT2D eigenvalue weighted by Crippen LogP contribution is 2.44. The molecule has 1 unspecified atom stereocenters. The van der Waals surface area contributed by atoms with Crippen molar-refractivity contribution < 1.29 is 34.1 Å². The van der Waals surface area contributed by atoms with Gasteiger partial charge in [0.15, 0.2) is 16.6 Å². The van der Waals surface area contributed by atoms with Crippen molar-refractivity contribution >= 4 is 50.1 Å². The fourth-order valence-electron chi connectivity index (χ4n) is 4.34. The van der Waals surface area contributed by atoms with Gasteiger partial charge < -0.3 is 19.7 Å². The molecule has 4 heterocycles. The summed E-state index contributed by atoms with van der Waals surface area (Å²) in [6.45, 7) is 0.746. The number of aliphatic hydroxyl groups excluding tert-OH is 1. The van der Waals surface area contributed by atoms with E-state index in [1.807, 2.05) is 0 Å². The van der Waals surface area contributed by atoms with E-state index in [1.54, 1.807) is 42.5 Å². The van der Waals surface area contributed by atoms with Crippen LogP contribution < -0.4 is 14.4 Å². The smallest absolute Gasteiger partial charge is 0.335 e. The minimum absolute atomic E-state index is 0.0737. The van der Waals surface area contributed by atoms with Crippen LogP contribution in [0.3, 0.4) is 0 Å². The molecule has 2 aliphatic heterocycles. The number of amides is 1. The highest BCUT2D eigenvalue weighted by atomic mass is 32.1. The molecule has 1 fully saturated rings. The summed E-state index contributed by atoms with van der Waals surface area (Å²) in [5.41, 5.74) is 1.03. The van der Waals surface area contributed by atoms with Gasteiger partial charge in [-0.05, 0) is 48.5 Å². The Morgan fingerprint density at radius 1 is 0.973 bits per heavy atom. The number of rotatable bonds is 4. The summed E-state index contributed by atoms with van der Waals surface area (Å²) in [5.74, 6) is -2.33. The van der Waals surface area contributed by atoms with Crippen LogP contribution in [0.15, 0.2) is 66.4 Å². The van der Waals surface area contributed by atoms with E-state index in [0.29, 0.717) is 40.6 Å². The van der Waals surface area contributed by atoms with Gasteiger partial charge in [-0.15, -0.1) is 0 Å². The lowest BCUT2D eigenvalue weighted by atomic mass is 9.98. The molecule has 4 aromatic rings. The zero-order chi connectivity index (χ0) is 25.7. The van der Waals surface area contributed by atoms with Crippen LogP contribution >= 0.6 is 11.3 Å². The molecule has 2 N–H and O–H groups in total. The maximum absolute atomic E-state index is 13.4. The number of carbonyl (C=O) groups excluding carboxylic acids is 2. The molecule has 6 rings (SSSR count). The normalized spacial score (nSPS) is 18.4. The van der Waals surface area contributed by atoms with Crippen molar-refractivity contribution in [3.05, 3.63) is 83.2 Å². The van der Waals surface area contributed by atoms with E-state index in [-0.39, 0.29) is 27.6 Å². The minimum Gasteiger partial charge on any atom is -0.507 e. The number of aromatic carboxylic acids is 1. The molecule has 0 aliphatic carbocycles. The fourth-order valence-corrected chi connectivity index (χ4v) is 5.37. The molecule has 37 heavy (non-hydrogen) atoms. The van der Waals surface area contributed by atoms with E-state index >= 15 is 0 Å². The largest absolute Gasteiger partial charge is 0.507 e. The number of benzene rings is 2. The number of thiazole rings is 1. The predicted octanol–water partition coefficient (Wildman–Crippen LogP) is 3.79. The number of carboxylic acids is 1. The van der Waals surface area contributed by atoms with Crippen LogP contribution in [-0.4, -0.2) is 51.1 Å².